The van der Waals surface area contributed by atoms with Crippen LogP contribution in [-0.4, -0.2) is 24.1 Å². The van der Waals surface area contributed by atoms with Gasteiger partial charge in [0, 0.05) is 60.4 Å². The molecule has 57 heavy (non-hydrogen) atoms. The summed E-state index contributed by atoms with van der Waals surface area (Å²) >= 11 is 0. The average molecular weight is 730 g/mol. The summed E-state index contributed by atoms with van der Waals surface area (Å²) in [6, 6.07) is 65.6. The fourth-order valence-corrected chi connectivity index (χ4v) is 8.64. The smallest absolute Gasteiger partial charge is 0.164 e. The van der Waals surface area contributed by atoms with Crippen molar-refractivity contribution in [2.24, 2.45) is 0 Å². The lowest BCUT2D eigenvalue weighted by Crippen LogP contribution is -2.01. The summed E-state index contributed by atoms with van der Waals surface area (Å²) in [5.41, 5.74) is 11.2. The lowest BCUT2D eigenvalue weighted by molar-refractivity contribution is 0.669. The highest BCUT2D eigenvalue weighted by atomic mass is 16.3. The number of nitrogens with zero attached hydrogens (tertiary/aromatic N) is 5. The number of hydrogen-bond acceptors (Lipinski definition) is 4. The Labute approximate surface area is 326 Å². The summed E-state index contributed by atoms with van der Waals surface area (Å²) in [7, 11) is 0. The summed E-state index contributed by atoms with van der Waals surface area (Å²) in [6.45, 7) is 0. The van der Waals surface area contributed by atoms with E-state index in [-0.39, 0.29) is 0 Å². The first kappa shape index (κ1) is 31.5. The minimum atomic E-state index is 0.597. The summed E-state index contributed by atoms with van der Waals surface area (Å²) in [5, 5.41) is 6.93. The van der Waals surface area contributed by atoms with Gasteiger partial charge in [0.15, 0.2) is 17.5 Å². The topological polar surface area (TPSA) is 61.7 Å². The van der Waals surface area contributed by atoms with E-state index in [0.717, 1.165) is 61.0 Å². The molecule has 0 unspecified atom stereocenters. The molecule has 0 fully saturated rings. The van der Waals surface area contributed by atoms with E-state index < -0.39 is 0 Å². The Kier molecular flexibility index (Phi) is 6.83. The molecule has 4 aromatic heterocycles. The summed E-state index contributed by atoms with van der Waals surface area (Å²) in [4.78, 5) is 15.3. The maximum Gasteiger partial charge on any atom is 0.164 e. The van der Waals surface area contributed by atoms with Gasteiger partial charge in [0.05, 0.1) is 22.1 Å². The van der Waals surface area contributed by atoms with Crippen LogP contribution in [0.1, 0.15) is 0 Å². The second kappa shape index (κ2) is 12.3. The van der Waals surface area contributed by atoms with Gasteiger partial charge in [-0.3, -0.25) is 0 Å². The number of para-hydroxylation sites is 4. The maximum atomic E-state index is 6.25. The zero-order valence-corrected chi connectivity index (χ0v) is 30.5. The third-order valence-electron chi connectivity index (χ3n) is 11.2. The normalized spacial score (nSPS) is 11.9. The Balaban J connectivity index is 1.03. The van der Waals surface area contributed by atoms with Gasteiger partial charge < -0.3 is 13.6 Å². The zero-order chi connectivity index (χ0) is 37.5. The molecule has 0 radical (unpaired) electrons. The maximum absolute atomic E-state index is 6.25. The van der Waals surface area contributed by atoms with Crippen molar-refractivity contribution in [1.29, 1.82) is 0 Å². The van der Waals surface area contributed by atoms with E-state index in [1.165, 1.54) is 32.6 Å². The van der Waals surface area contributed by atoms with Gasteiger partial charge in [-0.2, -0.15) is 0 Å². The van der Waals surface area contributed by atoms with Crippen molar-refractivity contribution in [3.05, 3.63) is 188 Å². The van der Waals surface area contributed by atoms with Crippen LogP contribution in [-0.2, 0) is 0 Å². The van der Waals surface area contributed by atoms with Gasteiger partial charge in [0.2, 0.25) is 0 Å². The highest BCUT2D eigenvalue weighted by Gasteiger charge is 2.19. The van der Waals surface area contributed by atoms with Crippen LogP contribution in [0.25, 0.3) is 111 Å². The van der Waals surface area contributed by atoms with E-state index >= 15 is 0 Å². The molecule has 0 atom stereocenters. The molecule has 0 N–H and O–H groups in total. The highest BCUT2D eigenvalue weighted by molar-refractivity contribution is 6.13. The molecule has 0 saturated heterocycles. The van der Waals surface area contributed by atoms with Crippen molar-refractivity contribution in [2.45, 2.75) is 0 Å². The van der Waals surface area contributed by atoms with E-state index in [9.17, 15) is 0 Å². The van der Waals surface area contributed by atoms with Crippen LogP contribution < -0.4 is 0 Å². The standard InChI is InChI=1S/C51H31N5O/c1-2-13-32(14-3-1)49-52-50(54-51(53-49)41-19-12-24-47-48(41)40-18-7-11-23-46(40)57-47)33-25-27-34(28-26-33)55-42-20-8-6-17-38(42)39-30-29-35(31-45(39)55)56-43-21-9-4-15-36(43)37-16-5-10-22-44(37)56/h1-31H. The first-order valence-electron chi connectivity index (χ1n) is 19.1. The molecule has 12 rings (SSSR count). The Hall–Kier alpha value is -7.83. The van der Waals surface area contributed by atoms with Crippen LogP contribution >= 0.6 is 0 Å². The van der Waals surface area contributed by atoms with Crippen molar-refractivity contribution in [1.82, 2.24) is 24.1 Å². The average Bonchev–Trinajstić information content (AvgIpc) is 3.94. The number of benzene rings is 8. The lowest BCUT2D eigenvalue weighted by atomic mass is 10.1. The van der Waals surface area contributed by atoms with E-state index in [0.29, 0.717) is 17.5 Å². The van der Waals surface area contributed by atoms with Crippen LogP contribution in [0.15, 0.2) is 192 Å². The molecule has 0 spiro atoms. The van der Waals surface area contributed by atoms with Gasteiger partial charge >= 0.3 is 0 Å². The van der Waals surface area contributed by atoms with Gasteiger partial charge in [0.1, 0.15) is 11.2 Å². The van der Waals surface area contributed by atoms with E-state index in [1.54, 1.807) is 0 Å². The summed E-state index contributed by atoms with van der Waals surface area (Å²) < 4.78 is 11.0. The first-order valence-corrected chi connectivity index (χ1v) is 19.1. The van der Waals surface area contributed by atoms with Gasteiger partial charge in [-0.1, -0.05) is 121 Å². The third kappa shape index (κ3) is 4.87. The van der Waals surface area contributed by atoms with E-state index in [1.807, 2.05) is 60.7 Å². The molecular weight excluding hydrogens is 699 g/mol. The van der Waals surface area contributed by atoms with E-state index in [2.05, 4.69) is 137 Å². The molecule has 0 aliphatic heterocycles. The second-order valence-electron chi connectivity index (χ2n) is 14.4. The predicted octanol–water partition coefficient (Wildman–Crippen LogP) is 13.0. The quantitative estimate of drug-likeness (QED) is 0.177. The fourth-order valence-electron chi connectivity index (χ4n) is 8.64. The second-order valence-corrected chi connectivity index (χ2v) is 14.4. The molecular formula is C51H31N5O. The van der Waals surface area contributed by atoms with Gasteiger partial charge in [-0.05, 0) is 66.7 Å². The minimum absolute atomic E-state index is 0.597. The lowest BCUT2D eigenvalue weighted by Gasteiger charge is -2.12. The van der Waals surface area contributed by atoms with Gasteiger partial charge in [-0.15, -0.1) is 0 Å². The minimum Gasteiger partial charge on any atom is -0.456 e. The molecule has 0 amide bonds. The molecule has 0 aliphatic carbocycles. The SMILES string of the molecule is c1ccc(-c2nc(-c3ccc(-n4c5ccccc5c5ccc(-n6c7ccccc7c7ccccc76)cc54)cc3)nc(-c3cccc4oc5ccccc5c34)n2)cc1. The molecule has 6 heteroatoms. The molecule has 12 aromatic rings. The Morgan fingerprint density at radius 2 is 0.825 bits per heavy atom. The molecule has 0 saturated carbocycles. The van der Waals surface area contributed by atoms with Crippen LogP contribution in [0.3, 0.4) is 0 Å². The van der Waals surface area contributed by atoms with Crippen LogP contribution in [0.4, 0.5) is 0 Å². The van der Waals surface area contributed by atoms with Crippen LogP contribution in [0.2, 0.25) is 0 Å². The third-order valence-corrected chi connectivity index (χ3v) is 11.2. The van der Waals surface area contributed by atoms with Crippen molar-refractivity contribution >= 4 is 65.6 Å². The zero-order valence-electron chi connectivity index (χ0n) is 30.5. The first-order chi connectivity index (χ1) is 28.3. The number of furan rings is 1. The molecule has 4 heterocycles. The van der Waals surface area contributed by atoms with Crippen LogP contribution in [0.5, 0.6) is 0 Å². The fraction of sp³-hybridized carbons (Fsp3) is 0. The highest BCUT2D eigenvalue weighted by Crippen LogP contribution is 2.39. The molecule has 6 nitrogen and oxygen atoms in total. The molecule has 0 aliphatic rings. The van der Waals surface area contributed by atoms with Gasteiger partial charge in [-0.25, -0.2) is 15.0 Å². The monoisotopic (exact) mass is 729 g/mol. The predicted molar refractivity (Wildman–Crippen MR) is 232 cm³/mol. The summed E-state index contributed by atoms with van der Waals surface area (Å²) in [5.74, 6) is 1.82. The molecule has 8 aromatic carbocycles. The largest absolute Gasteiger partial charge is 0.456 e. The van der Waals surface area contributed by atoms with Gasteiger partial charge in [0.25, 0.3) is 0 Å². The number of hydrogen-bond donors (Lipinski definition) is 0. The number of aromatic nitrogens is 5. The number of rotatable bonds is 5. The van der Waals surface area contributed by atoms with Crippen molar-refractivity contribution in [2.75, 3.05) is 0 Å². The molecule has 0 bridgehead atoms. The van der Waals surface area contributed by atoms with Crippen molar-refractivity contribution < 1.29 is 4.42 Å². The Morgan fingerprint density at radius 1 is 0.333 bits per heavy atom. The molecule has 266 valence electrons. The Morgan fingerprint density at radius 3 is 1.49 bits per heavy atom. The van der Waals surface area contributed by atoms with Crippen LogP contribution in [0, 0.1) is 0 Å². The number of fused-ring (bicyclic) bond motifs is 9. The Bertz CT molecular complexity index is 3470. The summed E-state index contributed by atoms with van der Waals surface area (Å²) in [6.07, 6.45) is 0. The van der Waals surface area contributed by atoms with E-state index in [4.69, 9.17) is 19.4 Å². The van der Waals surface area contributed by atoms with Crippen molar-refractivity contribution in [3.63, 3.8) is 0 Å². The van der Waals surface area contributed by atoms with Crippen molar-refractivity contribution in [3.8, 4) is 45.5 Å².